The Hall–Kier alpha value is -1.52. The minimum absolute atomic E-state index is 0. The lowest BCUT2D eigenvalue weighted by Crippen LogP contribution is -2.52. The normalized spacial score (nSPS) is 17.8. The van der Waals surface area contributed by atoms with Crippen LogP contribution in [0.1, 0.15) is 52.9 Å². The van der Waals surface area contributed by atoms with E-state index in [0.717, 1.165) is 57.9 Å². The summed E-state index contributed by atoms with van der Waals surface area (Å²) in [6.45, 7) is 10.2. The fraction of sp³-hybridized carbons (Fsp3) is 0.773. The summed E-state index contributed by atoms with van der Waals surface area (Å²) < 4.78 is 7.65. The molecule has 176 valence electrons. The molecule has 1 amide bonds. The number of hydrogen-bond donors (Lipinski definition) is 1. The highest BCUT2D eigenvalue weighted by Crippen LogP contribution is 2.32. The van der Waals surface area contributed by atoms with Crippen LogP contribution < -0.4 is 5.32 Å². The number of aryl methyl sites for hydroxylation is 1. The molecule has 0 atom stereocenters. The standard InChI is InChI=1S/C22H38N6O2.HI/c1-22(2,3)30-21(29)28(17-18-7-8-18)19-9-15-26(16-10-19)20(23-4)24-11-5-13-27-14-6-12-25-27;/h6,12,14,18-19H,5,7-11,13,15-17H2,1-4H3,(H,23,24);1H. The van der Waals surface area contributed by atoms with E-state index in [1.165, 1.54) is 12.8 Å². The molecule has 1 aliphatic carbocycles. The maximum atomic E-state index is 12.8. The molecule has 1 aromatic heterocycles. The van der Waals surface area contributed by atoms with Gasteiger partial charge in [0.05, 0.1) is 0 Å². The molecule has 2 aliphatic rings. The summed E-state index contributed by atoms with van der Waals surface area (Å²) in [7, 11) is 1.84. The van der Waals surface area contributed by atoms with Crippen LogP contribution in [0.5, 0.6) is 0 Å². The van der Waals surface area contributed by atoms with Gasteiger partial charge in [-0.05, 0) is 64.9 Å². The van der Waals surface area contributed by atoms with Crippen LogP contribution in [0.2, 0.25) is 0 Å². The van der Waals surface area contributed by atoms with Crippen molar-refractivity contribution in [1.29, 1.82) is 0 Å². The number of aliphatic imine (C=N–C) groups is 1. The zero-order valence-corrected chi connectivity index (χ0v) is 21.7. The first kappa shape index (κ1) is 25.7. The van der Waals surface area contributed by atoms with E-state index < -0.39 is 5.60 Å². The molecule has 1 aliphatic heterocycles. The molecule has 2 fully saturated rings. The van der Waals surface area contributed by atoms with E-state index in [0.29, 0.717) is 5.92 Å². The van der Waals surface area contributed by atoms with Crippen LogP contribution in [0.15, 0.2) is 23.5 Å². The SMILES string of the molecule is CN=C(NCCCn1cccn1)N1CCC(N(CC2CC2)C(=O)OC(C)(C)C)CC1.I. The molecular weight excluding hydrogens is 507 g/mol. The first-order chi connectivity index (χ1) is 14.4. The number of nitrogens with one attached hydrogen (secondary N) is 1. The number of likely N-dealkylation sites (tertiary alicyclic amines) is 1. The van der Waals surface area contributed by atoms with Gasteiger partial charge in [-0.3, -0.25) is 9.67 Å². The van der Waals surface area contributed by atoms with Crippen LogP contribution in [0, 0.1) is 5.92 Å². The van der Waals surface area contributed by atoms with Crippen molar-refractivity contribution in [3.05, 3.63) is 18.5 Å². The van der Waals surface area contributed by atoms with Gasteiger partial charge >= 0.3 is 6.09 Å². The van der Waals surface area contributed by atoms with Crippen molar-refractivity contribution in [2.45, 2.75) is 71.1 Å². The van der Waals surface area contributed by atoms with Crippen molar-refractivity contribution in [2.24, 2.45) is 10.9 Å². The third-order valence-electron chi connectivity index (χ3n) is 5.60. The average Bonchev–Trinajstić information content (AvgIpc) is 3.37. The summed E-state index contributed by atoms with van der Waals surface area (Å²) >= 11 is 0. The lowest BCUT2D eigenvalue weighted by Gasteiger charge is -2.40. The largest absolute Gasteiger partial charge is 0.444 e. The highest BCUT2D eigenvalue weighted by atomic mass is 127. The smallest absolute Gasteiger partial charge is 0.410 e. The number of ether oxygens (including phenoxy) is 1. The molecule has 0 unspecified atom stereocenters. The topological polar surface area (TPSA) is 75.0 Å². The molecule has 9 heteroatoms. The number of carbonyl (C=O) groups is 1. The van der Waals surface area contributed by atoms with Gasteiger partial charge in [-0.1, -0.05) is 0 Å². The molecule has 1 saturated carbocycles. The van der Waals surface area contributed by atoms with E-state index in [2.05, 4.69) is 20.3 Å². The minimum atomic E-state index is -0.457. The predicted molar refractivity (Wildman–Crippen MR) is 134 cm³/mol. The number of guanidine groups is 1. The van der Waals surface area contributed by atoms with Crippen LogP contribution in [0.25, 0.3) is 0 Å². The Labute approximate surface area is 203 Å². The van der Waals surface area contributed by atoms with Gasteiger partial charge in [0.15, 0.2) is 5.96 Å². The van der Waals surface area contributed by atoms with Gasteiger partial charge in [-0.2, -0.15) is 5.10 Å². The average molecular weight is 546 g/mol. The maximum absolute atomic E-state index is 12.8. The van der Waals surface area contributed by atoms with E-state index >= 15 is 0 Å². The van der Waals surface area contributed by atoms with Crippen molar-refractivity contribution in [1.82, 2.24) is 24.9 Å². The lowest BCUT2D eigenvalue weighted by molar-refractivity contribution is 0.00928. The highest BCUT2D eigenvalue weighted by molar-refractivity contribution is 14.0. The van der Waals surface area contributed by atoms with E-state index in [9.17, 15) is 4.79 Å². The number of carbonyl (C=O) groups excluding carboxylic acids is 1. The summed E-state index contributed by atoms with van der Waals surface area (Å²) in [6, 6.07) is 2.19. The van der Waals surface area contributed by atoms with Gasteiger partial charge in [0, 0.05) is 58.2 Å². The molecule has 0 spiro atoms. The first-order valence-corrected chi connectivity index (χ1v) is 11.3. The van der Waals surface area contributed by atoms with E-state index in [4.69, 9.17) is 4.74 Å². The van der Waals surface area contributed by atoms with Crippen molar-refractivity contribution in [2.75, 3.05) is 33.2 Å². The van der Waals surface area contributed by atoms with Crippen LogP contribution >= 0.6 is 24.0 Å². The Morgan fingerprint density at radius 2 is 1.97 bits per heavy atom. The third-order valence-corrected chi connectivity index (χ3v) is 5.60. The van der Waals surface area contributed by atoms with Gasteiger partial charge in [-0.15, -0.1) is 24.0 Å². The van der Waals surface area contributed by atoms with Crippen LogP contribution in [0.3, 0.4) is 0 Å². The summed E-state index contributed by atoms with van der Waals surface area (Å²) in [5.74, 6) is 1.60. The van der Waals surface area contributed by atoms with Crippen LogP contribution in [0.4, 0.5) is 4.79 Å². The van der Waals surface area contributed by atoms with E-state index in [1.54, 1.807) is 6.20 Å². The number of piperidine rings is 1. The second-order valence-electron chi connectivity index (χ2n) is 9.39. The maximum Gasteiger partial charge on any atom is 0.410 e. The Kier molecular flexibility index (Phi) is 9.90. The molecular formula is C22H39IN6O2. The molecule has 31 heavy (non-hydrogen) atoms. The molecule has 8 nitrogen and oxygen atoms in total. The number of nitrogens with zero attached hydrogens (tertiary/aromatic N) is 5. The van der Waals surface area contributed by atoms with Crippen molar-refractivity contribution >= 4 is 36.0 Å². The fourth-order valence-electron chi connectivity index (χ4n) is 3.87. The van der Waals surface area contributed by atoms with Gasteiger partial charge in [0.25, 0.3) is 0 Å². The molecule has 0 bridgehead atoms. The number of hydrogen-bond acceptors (Lipinski definition) is 4. The van der Waals surface area contributed by atoms with Crippen LogP contribution in [-0.2, 0) is 11.3 Å². The summed E-state index contributed by atoms with van der Waals surface area (Å²) in [6.07, 6.45) is 8.97. The quantitative estimate of drug-likeness (QED) is 0.245. The molecule has 0 radical (unpaired) electrons. The van der Waals surface area contributed by atoms with Gasteiger partial charge in [0.2, 0.25) is 0 Å². The Balaban J connectivity index is 0.00000341. The molecule has 2 heterocycles. The van der Waals surface area contributed by atoms with E-state index in [1.807, 2.05) is 49.7 Å². The molecule has 0 aromatic carbocycles. The second kappa shape index (κ2) is 11.9. The van der Waals surface area contributed by atoms with Gasteiger partial charge < -0.3 is 19.9 Å². The van der Waals surface area contributed by atoms with Gasteiger partial charge in [-0.25, -0.2) is 4.79 Å². The second-order valence-corrected chi connectivity index (χ2v) is 9.39. The Morgan fingerprint density at radius 3 is 2.52 bits per heavy atom. The third kappa shape index (κ3) is 8.50. The number of aromatic nitrogens is 2. The molecule has 1 aromatic rings. The summed E-state index contributed by atoms with van der Waals surface area (Å²) in [4.78, 5) is 21.6. The molecule has 3 rings (SSSR count). The predicted octanol–water partition coefficient (Wildman–Crippen LogP) is 3.58. The number of rotatable bonds is 7. The fourth-order valence-corrected chi connectivity index (χ4v) is 3.87. The van der Waals surface area contributed by atoms with Gasteiger partial charge in [0.1, 0.15) is 5.60 Å². The lowest BCUT2D eigenvalue weighted by atomic mass is 10.0. The molecule has 1 saturated heterocycles. The molecule has 1 N–H and O–H groups in total. The summed E-state index contributed by atoms with van der Waals surface area (Å²) in [5.41, 5.74) is -0.457. The number of amides is 1. The van der Waals surface area contributed by atoms with Crippen molar-refractivity contribution in [3.8, 4) is 0 Å². The zero-order chi connectivity index (χ0) is 21.6. The first-order valence-electron chi connectivity index (χ1n) is 11.3. The monoisotopic (exact) mass is 546 g/mol. The zero-order valence-electron chi connectivity index (χ0n) is 19.4. The van der Waals surface area contributed by atoms with Crippen molar-refractivity contribution < 1.29 is 9.53 Å². The number of halogens is 1. The Bertz CT molecular complexity index is 691. The summed E-state index contributed by atoms with van der Waals surface area (Å²) in [5, 5.41) is 7.71. The van der Waals surface area contributed by atoms with E-state index in [-0.39, 0.29) is 36.1 Å². The van der Waals surface area contributed by atoms with Crippen LogP contribution in [-0.4, -0.2) is 76.5 Å². The minimum Gasteiger partial charge on any atom is -0.444 e. The highest BCUT2D eigenvalue weighted by Gasteiger charge is 2.35. The Morgan fingerprint density at radius 1 is 1.26 bits per heavy atom. The van der Waals surface area contributed by atoms with Crippen molar-refractivity contribution in [3.63, 3.8) is 0 Å².